The van der Waals surface area contributed by atoms with Gasteiger partial charge < -0.3 is 19.7 Å². The zero-order valence-corrected chi connectivity index (χ0v) is 16.9. The average Bonchev–Trinajstić information content (AvgIpc) is 2.70. The summed E-state index contributed by atoms with van der Waals surface area (Å²) in [5.41, 5.74) is 1.22. The number of rotatable bonds is 10. The second kappa shape index (κ2) is 10.4. The molecule has 162 valence electrons. The lowest BCUT2D eigenvalue weighted by atomic mass is 10.1. The van der Waals surface area contributed by atoms with Gasteiger partial charge in [0.15, 0.2) is 11.5 Å². The number of carbonyl (C=O) groups excluding carboxylic acids is 1. The lowest BCUT2D eigenvalue weighted by molar-refractivity contribution is -0.385. The summed E-state index contributed by atoms with van der Waals surface area (Å²) in [6.07, 6.45) is 1.32. The topological polar surface area (TPSA) is 93.9 Å². The maximum atomic E-state index is 12.5. The summed E-state index contributed by atoms with van der Waals surface area (Å²) >= 11 is 0. The highest BCUT2D eigenvalue weighted by molar-refractivity contribution is 5.99. The molecule has 10 heteroatoms. The van der Waals surface area contributed by atoms with Crippen LogP contribution in [0.1, 0.15) is 22.3 Å². The van der Waals surface area contributed by atoms with Gasteiger partial charge in [-0.1, -0.05) is 12.1 Å². The van der Waals surface area contributed by atoms with Crippen molar-refractivity contribution in [3.8, 4) is 11.5 Å². The van der Waals surface area contributed by atoms with E-state index in [2.05, 4.69) is 10.1 Å². The number of hydrogen-bond donors (Lipinski definition) is 1. The van der Waals surface area contributed by atoms with Gasteiger partial charge in [0.2, 0.25) is 0 Å². The Morgan fingerprint density at radius 2 is 1.87 bits per heavy atom. The van der Waals surface area contributed by atoms with Gasteiger partial charge in [0.25, 0.3) is 11.6 Å². The van der Waals surface area contributed by atoms with E-state index in [1.807, 2.05) is 43.3 Å². The van der Waals surface area contributed by atoms with E-state index >= 15 is 0 Å². The minimum atomic E-state index is -3.19. The molecule has 0 aliphatic rings. The summed E-state index contributed by atoms with van der Waals surface area (Å²) in [6.45, 7) is -2.91. The van der Waals surface area contributed by atoms with Crippen LogP contribution in [0, 0.1) is 10.1 Å². The third kappa shape index (κ3) is 6.03. The highest BCUT2D eigenvalue weighted by Gasteiger charge is 2.25. The maximum Gasteiger partial charge on any atom is 0.387 e. The Labute approximate surface area is 172 Å². The van der Waals surface area contributed by atoms with Crippen LogP contribution in [-0.2, 0) is 6.42 Å². The molecule has 2 aromatic carbocycles. The van der Waals surface area contributed by atoms with E-state index in [0.29, 0.717) is 12.8 Å². The fourth-order valence-corrected chi connectivity index (χ4v) is 2.78. The van der Waals surface area contributed by atoms with E-state index in [1.54, 1.807) is 0 Å². The SMILES string of the molecule is COc1cc(C(=O)NCCCc2ccc(N(C)C)cc2)c([N+](=O)[O-])cc1OC(F)F. The zero-order valence-electron chi connectivity index (χ0n) is 16.9. The molecule has 1 N–H and O–H groups in total. The Morgan fingerprint density at radius 3 is 2.40 bits per heavy atom. The number of amides is 1. The number of aryl methyl sites for hydroxylation is 1. The van der Waals surface area contributed by atoms with Crippen molar-refractivity contribution in [1.29, 1.82) is 0 Å². The van der Waals surface area contributed by atoms with Crippen molar-refractivity contribution in [2.24, 2.45) is 0 Å². The van der Waals surface area contributed by atoms with Gasteiger partial charge in [-0.2, -0.15) is 8.78 Å². The monoisotopic (exact) mass is 423 g/mol. The van der Waals surface area contributed by atoms with Crippen molar-refractivity contribution in [3.63, 3.8) is 0 Å². The Hall–Kier alpha value is -3.43. The molecule has 2 aromatic rings. The van der Waals surface area contributed by atoms with E-state index in [9.17, 15) is 23.7 Å². The van der Waals surface area contributed by atoms with Crippen molar-refractivity contribution >= 4 is 17.3 Å². The first kappa shape index (κ1) is 22.9. The standard InChI is InChI=1S/C20H23F2N3O5/c1-24(2)14-8-6-13(7-9-14)5-4-10-23-19(26)15-11-17(29-3)18(30-20(21)22)12-16(15)25(27)28/h6-9,11-12,20H,4-5,10H2,1-3H3,(H,23,26). The predicted octanol–water partition coefficient (Wildman–Crippen LogP) is 3.63. The van der Waals surface area contributed by atoms with Crippen LogP contribution < -0.4 is 19.7 Å². The largest absolute Gasteiger partial charge is 0.493 e. The van der Waals surface area contributed by atoms with Gasteiger partial charge in [0.1, 0.15) is 5.56 Å². The lowest BCUT2D eigenvalue weighted by Crippen LogP contribution is -2.25. The van der Waals surface area contributed by atoms with Crippen LogP contribution in [0.15, 0.2) is 36.4 Å². The molecular formula is C20H23F2N3O5. The molecule has 0 heterocycles. The van der Waals surface area contributed by atoms with E-state index in [1.165, 1.54) is 7.11 Å². The van der Waals surface area contributed by atoms with Crippen molar-refractivity contribution in [1.82, 2.24) is 5.32 Å². The van der Waals surface area contributed by atoms with Gasteiger partial charge in [-0.15, -0.1) is 0 Å². The summed E-state index contributed by atoms with van der Waals surface area (Å²) < 4.78 is 34.2. The third-order valence-electron chi connectivity index (χ3n) is 4.32. The van der Waals surface area contributed by atoms with Crippen LogP contribution in [0.4, 0.5) is 20.2 Å². The van der Waals surface area contributed by atoms with Crippen LogP contribution in [0.25, 0.3) is 0 Å². The Balaban J connectivity index is 2.04. The molecule has 0 aromatic heterocycles. The second-order valence-electron chi connectivity index (χ2n) is 6.58. The number of halogens is 2. The predicted molar refractivity (Wildman–Crippen MR) is 108 cm³/mol. The van der Waals surface area contributed by atoms with Crippen molar-refractivity contribution in [2.45, 2.75) is 19.5 Å². The van der Waals surface area contributed by atoms with Crippen LogP contribution in [-0.4, -0.2) is 45.2 Å². The van der Waals surface area contributed by atoms with E-state index in [4.69, 9.17) is 4.74 Å². The van der Waals surface area contributed by atoms with E-state index in [0.717, 1.165) is 23.4 Å². The van der Waals surface area contributed by atoms with Crippen LogP contribution >= 0.6 is 0 Å². The average molecular weight is 423 g/mol. The number of nitro groups is 1. The first-order valence-electron chi connectivity index (χ1n) is 9.08. The summed E-state index contributed by atoms with van der Waals surface area (Å²) in [7, 11) is 5.08. The molecule has 0 aliphatic carbocycles. The van der Waals surface area contributed by atoms with Crippen molar-refractivity contribution < 1.29 is 28.0 Å². The molecule has 0 bridgehead atoms. The molecule has 0 radical (unpaired) electrons. The number of nitrogens with one attached hydrogen (secondary N) is 1. The van der Waals surface area contributed by atoms with E-state index < -0.39 is 28.9 Å². The highest BCUT2D eigenvalue weighted by atomic mass is 19.3. The number of hydrogen-bond acceptors (Lipinski definition) is 6. The Kier molecular flexibility index (Phi) is 7.90. The number of anilines is 1. The summed E-state index contributed by atoms with van der Waals surface area (Å²) in [6, 6.07) is 9.75. The summed E-state index contributed by atoms with van der Waals surface area (Å²) in [5.74, 6) is -1.42. The number of carbonyl (C=O) groups is 1. The number of nitrogens with zero attached hydrogens (tertiary/aromatic N) is 2. The minimum Gasteiger partial charge on any atom is -0.493 e. The van der Waals surface area contributed by atoms with Crippen LogP contribution in [0.2, 0.25) is 0 Å². The molecular weight excluding hydrogens is 400 g/mol. The molecule has 1 amide bonds. The number of ether oxygens (including phenoxy) is 2. The quantitative estimate of drug-likeness (QED) is 0.356. The molecule has 0 aliphatic heterocycles. The molecule has 2 rings (SSSR count). The number of methoxy groups -OCH3 is 1. The van der Waals surface area contributed by atoms with Gasteiger partial charge >= 0.3 is 6.61 Å². The smallest absolute Gasteiger partial charge is 0.387 e. The van der Waals surface area contributed by atoms with Gasteiger partial charge in [0, 0.05) is 32.4 Å². The first-order chi connectivity index (χ1) is 14.2. The van der Waals surface area contributed by atoms with Gasteiger partial charge in [0.05, 0.1) is 18.1 Å². The molecule has 0 saturated carbocycles. The normalized spacial score (nSPS) is 10.6. The lowest BCUT2D eigenvalue weighted by Gasteiger charge is -2.13. The minimum absolute atomic E-state index is 0.202. The zero-order chi connectivity index (χ0) is 22.3. The van der Waals surface area contributed by atoms with E-state index in [-0.39, 0.29) is 17.9 Å². The Bertz CT molecular complexity index is 889. The molecule has 0 spiro atoms. The fourth-order valence-electron chi connectivity index (χ4n) is 2.78. The maximum absolute atomic E-state index is 12.5. The number of benzene rings is 2. The Morgan fingerprint density at radius 1 is 1.20 bits per heavy atom. The third-order valence-corrected chi connectivity index (χ3v) is 4.32. The number of alkyl halides is 2. The fraction of sp³-hybridized carbons (Fsp3) is 0.350. The number of nitro benzene ring substituents is 1. The summed E-state index contributed by atoms with van der Waals surface area (Å²) in [5, 5.41) is 13.9. The highest BCUT2D eigenvalue weighted by Crippen LogP contribution is 2.35. The van der Waals surface area contributed by atoms with Crippen LogP contribution in [0.3, 0.4) is 0 Å². The first-order valence-corrected chi connectivity index (χ1v) is 9.08. The van der Waals surface area contributed by atoms with Crippen molar-refractivity contribution in [3.05, 3.63) is 57.6 Å². The molecule has 0 saturated heterocycles. The van der Waals surface area contributed by atoms with Gasteiger partial charge in [-0.25, -0.2) is 0 Å². The molecule has 0 unspecified atom stereocenters. The van der Waals surface area contributed by atoms with Crippen LogP contribution in [0.5, 0.6) is 11.5 Å². The summed E-state index contributed by atoms with van der Waals surface area (Å²) in [4.78, 5) is 24.9. The van der Waals surface area contributed by atoms with Gasteiger partial charge in [-0.05, 0) is 30.5 Å². The second-order valence-corrected chi connectivity index (χ2v) is 6.58. The molecule has 30 heavy (non-hydrogen) atoms. The molecule has 0 fully saturated rings. The van der Waals surface area contributed by atoms with Crippen molar-refractivity contribution in [2.75, 3.05) is 32.6 Å². The molecule has 0 atom stereocenters. The van der Waals surface area contributed by atoms with Gasteiger partial charge in [-0.3, -0.25) is 14.9 Å². The molecule has 8 nitrogen and oxygen atoms in total.